The molecule has 1 unspecified atom stereocenters. The quantitative estimate of drug-likeness (QED) is 0.852. The molecule has 0 bridgehead atoms. The van der Waals surface area contributed by atoms with Gasteiger partial charge in [-0.1, -0.05) is 6.92 Å². The van der Waals surface area contributed by atoms with Crippen molar-refractivity contribution in [1.82, 2.24) is 9.97 Å². The third kappa shape index (κ3) is 3.80. The molecule has 1 fully saturated rings. The minimum absolute atomic E-state index is 0.618. The van der Waals surface area contributed by atoms with Gasteiger partial charge in [-0.15, -0.1) is 0 Å². The first kappa shape index (κ1) is 14.1. The molecule has 19 heavy (non-hydrogen) atoms. The van der Waals surface area contributed by atoms with Crippen molar-refractivity contribution in [2.75, 3.05) is 43.6 Å². The maximum absolute atomic E-state index is 5.24. The Balaban J connectivity index is 2.05. The summed E-state index contributed by atoms with van der Waals surface area (Å²) in [6.07, 6.45) is 2.25. The van der Waals surface area contributed by atoms with E-state index in [4.69, 9.17) is 4.74 Å². The molecule has 0 aromatic carbocycles. The Kier molecular flexibility index (Phi) is 4.96. The zero-order valence-corrected chi connectivity index (χ0v) is 12.1. The summed E-state index contributed by atoms with van der Waals surface area (Å²) in [5, 5.41) is 3.26. The van der Waals surface area contributed by atoms with E-state index in [9.17, 15) is 0 Å². The molecule has 0 saturated carbocycles. The van der Waals surface area contributed by atoms with Crippen molar-refractivity contribution in [3.8, 4) is 0 Å². The molecule has 0 amide bonds. The second-order valence-electron chi connectivity index (χ2n) is 5.17. The lowest BCUT2D eigenvalue weighted by atomic mass is 10.1. The fraction of sp³-hybridized carbons (Fsp3) is 0.714. The summed E-state index contributed by atoms with van der Waals surface area (Å²) in [5.41, 5.74) is 1.01. The molecule has 0 aliphatic carbocycles. The van der Waals surface area contributed by atoms with Crippen LogP contribution in [0, 0.1) is 12.8 Å². The number of ether oxygens (including phenoxy) is 1. The molecular formula is C14H24N4O. The molecule has 1 aromatic heterocycles. The van der Waals surface area contributed by atoms with E-state index in [1.807, 2.05) is 6.92 Å². The first-order valence-electron chi connectivity index (χ1n) is 7.06. The second-order valence-corrected chi connectivity index (χ2v) is 5.17. The average molecular weight is 264 g/mol. The van der Waals surface area contributed by atoms with E-state index in [0.29, 0.717) is 5.92 Å². The topological polar surface area (TPSA) is 50.3 Å². The molecule has 106 valence electrons. The molecule has 5 heteroatoms. The van der Waals surface area contributed by atoms with Crippen LogP contribution in [0.1, 0.15) is 25.5 Å². The highest BCUT2D eigenvalue weighted by Crippen LogP contribution is 2.23. The molecule has 1 atom stereocenters. The Morgan fingerprint density at radius 1 is 1.47 bits per heavy atom. The molecule has 1 saturated heterocycles. The van der Waals surface area contributed by atoms with Crippen LogP contribution >= 0.6 is 0 Å². The molecule has 2 rings (SSSR count). The summed E-state index contributed by atoms with van der Waals surface area (Å²) in [5.74, 6) is 2.39. The lowest BCUT2D eigenvalue weighted by molar-refractivity contribution is 0.161. The molecule has 1 aliphatic heterocycles. The first-order valence-corrected chi connectivity index (χ1v) is 7.06. The highest BCUT2D eigenvalue weighted by Gasteiger charge is 2.23. The predicted octanol–water partition coefficient (Wildman–Crippen LogP) is 2.08. The Morgan fingerprint density at radius 2 is 2.32 bits per heavy atom. The van der Waals surface area contributed by atoms with Crippen molar-refractivity contribution >= 4 is 11.8 Å². The average Bonchev–Trinajstić information content (AvgIpc) is 2.85. The van der Waals surface area contributed by atoms with Gasteiger partial charge in [0, 0.05) is 44.4 Å². The Morgan fingerprint density at radius 3 is 3.05 bits per heavy atom. The Labute approximate surface area is 115 Å². The number of hydrogen-bond acceptors (Lipinski definition) is 5. The van der Waals surface area contributed by atoms with Gasteiger partial charge in [0.15, 0.2) is 0 Å². The SMILES string of the molecule is CCCNc1nc(C)cc(N2CCC(COC)C2)n1. The van der Waals surface area contributed by atoms with Gasteiger partial charge < -0.3 is 15.0 Å². The van der Waals surface area contributed by atoms with Gasteiger partial charge in [-0.2, -0.15) is 4.98 Å². The lowest BCUT2D eigenvalue weighted by Crippen LogP contribution is -2.23. The van der Waals surface area contributed by atoms with E-state index in [1.165, 1.54) is 6.42 Å². The van der Waals surface area contributed by atoms with Gasteiger partial charge in [-0.3, -0.25) is 0 Å². The van der Waals surface area contributed by atoms with Crippen molar-refractivity contribution < 1.29 is 4.74 Å². The van der Waals surface area contributed by atoms with Gasteiger partial charge >= 0.3 is 0 Å². The standard InChI is InChI=1S/C14H24N4O/c1-4-6-15-14-16-11(2)8-13(17-14)18-7-5-12(9-18)10-19-3/h8,12H,4-7,9-10H2,1-3H3,(H,15,16,17). The van der Waals surface area contributed by atoms with Crippen LogP contribution in [0.25, 0.3) is 0 Å². The number of rotatable bonds is 6. The van der Waals surface area contributed by atoms with E-state index < -0.39 is 0 Å². The number of aromatic nitrogens is 2. The Bertz CT molecular complexity index is 410. The number of hydrogen-bond donors (Lipinski definition) is 1. The monoisotopic (exact) mass is 264 g/mol. The zero-order chi connectivity index (χ0) is 13.7. The van der Waals surface area contributed by atoms with Gasteiger partial charge in [-0.25, -0.2) is 4.98 Å². The van der Waals surface area contributed by atoms with Gasteiger partial charge in [0.1, 0.15) is 5.82 Å². The van der Waals surface area contributed by atoms with Crippen LogP contribution in [0.2, 0.25) is 0 Å². The van der Waals surface area contributed by atoms with Crippen LogP contribution in [0.15, 0.2) is 6.07 Å². The Hall–Kier alpha value is -1.36. The van der Waals surface area contributed by atoms with Crippen molar-refractivity contribution in [2.45, 2.75) is 26.7 Å². The predicted molar refractivity (Wildman–Crippen MR) is 77.7 cm³/mol. The smallest absolute Gasteiger partial charge is 0.224 e. The fourth-order valence-corrected chi connectivity index (χ4v) is 2.44. The van der Waals surface area contributed by atoms with Gasteiger partial charge in [-0.05, 0) is 19.8 Å². The maximum atomic E-state index is 5.24. The van der Waals surface area contributed by atoms with Gasteiger partial charge in [0.2, 0.25) is 5.95 Å². The van der Waals surface area contributed by atoms with Crippen molar-refractivity contribution in [3.05, 3.63) is 11.8 Å². The molecule has 2 heterocycles. The normalized spacial score (nSPS) is 18.9. The van der Waals surface area contributed by atoms with E-state index in [0.717, 1.165) is 50.1 Å². The fourth-order valence-electron chi connectivity index (χ4n) is 2.44. The lowest BCUT2D eigenvalue weighted by Gasteiger charge is -2.18. The zero-order valence-electron chi connectivity index (χ0n) is 12.1. The summed E-state index contributed by atoms with van der Waals surface area (Å²) >= 11 is 0. The third-order valence-corrected chi connectivity index (χ3v) is 3.39. The summed E-state index contributed by atoms with van der Waals surface area (Å²) in [7, 11) is 1.77. The molecule has 0 radical (unpaired) electrons. The largest absolute Gasteiger partial charge is 0.384 e. The summed E-state index contributed by atoms with van der Waals surface area (Å²) < 4.78 is 5.24. The maximum Gasteiger partial charge on any atom is 0.224 e. The number of methoxy groups -OCH3 is 1. The molecule has 1 aromatic rings. The number of anilines is 2. The van der Waals surface area contributed by atoms with E-state index >= 15 is 0 Å². The highest BCUT2D eigenvalue weighted by atomic mass is 16.5. The van der Waals surface area contributed by atoms with Crippen molar-refractivity contribution in [3.63, 3.8) is 0 Å². The summed E-state index contributed by atoms with van der Waals surface area (Å²) in [6, 6.07) is 2.06. The van der Waals surface area contributed by atoms with Crippen molar-refractivity contribution in [2.24, 2.45) is 5.92 Å². The van der Waals surface area contributed by atoms with Crippen LogP contribution in [-0.2, 0) is 4.74 Å². The molecule has 5 nitrogen and oxygen atoms in total. The van der Waals surface area contributed by atoms with Crippen LogP contribution < -0.4 is 10.2 Å². The molecule has 1 N–H and O–H groups in total. The minimum Gasteiger partial charge on any atom is -0.384 e. The van der Waals surface area contributed by atoms with Gasteiger partial charge in [0.05, 0.1) is 6.61 Å². The van der Waals surface area contributed by atoms with Crippen molar-refractivity contribution in [1.29, 1.82) is 0 Å². The number of nitrogens with zero attached hydrogens (tertiary/aromatic N) is 3. The minimum atomic E-state index is 0.618. The summed E-state index contributed by atoms with van der Waals surface area (Å²) in [6.45, 7) is 7.98. The van der Waals surface area contributed by atoms with E-state index in [2.05, 4.69) is 33.2 Å². The highest BCUT2D eigenvalue weighted by molar-refractivity contribution is 5.45. The number of aryl methyl sites for hydroxylation is 1. The molecular weight excluding hydrogens is 240 g/mol. The van der Waals surface area contributed by atoms with E-state index in [1.54, 1.807) is 7.11 Å². The van der Waals surface area contributed by atoms with Crippen LogP contribution in [0.3, 0.4) is 0 Å². The molecule has 1 aliphatic rings. The first-order chi connectivity index (χ1) is 9.22. The summed E-state index contributed by atoms with van der Waals surface area (Å²) in [4.78, 5) is 11.4. The van der Waals surface area contributed by atoms with Gasteiger partial charge in [0.25, 0.3) is 0 Å². The van der Waals surface area contributed by atoms with E-state index in [-0.39, 0.29) is 0 Å². The van der Waals surface area contributed by atoms with Crippen LogP contribution in [0.5, 0.6) is 0 Å². The van der Waals surface area contributed by atoms with Crippen LogP contribution in [-0.4, -0.2) is 43.3 Å². The van der Waals surface area contributed by atoms with Crippen LogP contribution in [0.4, 0.5) is 11.8 Å². The third-order valence-electron chi connectivity index (χ3n) is 3.39. The second kappa shape index (κ2) is 6.70. The number of nitrogens with one attached hydrogen (secondary N) is 1. The molecule has 0 spiro atoms.